The lowest BCUT2D eigenvalue weighted by Gasteiger charge is -2.40. The van der Waals surface area contributed by atoms with Gasteiger partial charge < -0.3 is 14.8 Å². The number of hydrogen-bond acceptors (Lipinski definition) is 2. The minimum atomic E-state index is -0.400. The summed E-state index contributed by atoms with van der Waals surface area (Å²) in [7, 11) is 0. The molecule has 5 rings (SSSR count). The second-order valence-corrected chi connectivity index (χ2v) is 10.4. The fourth-order valence-electron chi connectivity index (χ4n) is 5.11. The van der Waals surface area contributed by atoms with Crippen LogP contribution in [0.2, 0.25) is 5.02 Å². The lowest BCUT2D eigenvalue weighted by molar-refractivity contribution is -0.119. The molecule has 7 heteroatoms. The number of amides is 3. The van der Waals surface area contributed by atoms with Gasteiger partial charge >= 0.3 is 6.03 Å². The fraction of sp³-hybridized carbons (Fsp3) is 0.226. The third-order valence-corrected chi connectivity index (χ3v) is 7.20. The van der Waals surface area contributed by atoms with Gasteiger partial charge in [0.15, 0.2) is 0 Å². The first-order valence-electron chi connectivity index (χ1n) is 12.7. The lowest BCUT2D eigenvalue weighted by Crippen LogP contribution is -2.49. The summed E-state index contributed by atoms with van der Waals surface area (Å²) in [4.78, 5) is 31.0. The number of para-hydroxylation sites is 2. The van der Waals surface area contributed by atoms with Crippen molar-refractivity contribution in [1.29, 1.82) is 0 Å². The highest BCUT2D eigenvalue weighted by Crippen LogP contribution is 2.42. The maximum atomic E-state index is 14.2. The van der Waals surface area contributed by atoms with Crippen LogP contribution in [0.3, 0.4) is 0 Å². The van der Waals surface area contributed by atoms with Crippen molar-refractivity contribution in [2.45, 2.75) is 39.8 Å². The first kappa shape index (κ1) is 25.6. The molecule has 1 aliphatic heterocycles. The van der Waals surface area contributed by atoms with E-state index in [4.69, 9.17) is 11.6 Å². The molecule has 0 saturated carbocycles. The van der Waals surface area contributed by atoms with E-state index >= 15 is 0 Å². The molecule has 194 valence electrons. The zero-order valence-corrected chi connectivity index (χ0v) is 22.7. The normalized spacial score (nSPS) is 14.2. The van der Waals surface area contributed by atoms with E-state index in [0.29, 0.717) is 5.02 Å². The Balaban J connectivity index is 1.52. The molecule has 1 atom stereocenters. The van der Waals surface area contributed by atoms with E-state index < -0.39 is 6.04 Å². The third kappa shape index (κ3) is 4.79. The molecule has 38 heavy (non-hydrogen) atoms. The van der Waals surface area contributed by atoms with E-state index in [1.54, 1.807) is 9.80 Å². The minimum absolute atomic E-state index is 0.0828. The molecule has 0 spiro atoms. The van der Waals surface area contributed by atoms with Crippen LogP contribution in [-0.4, -0.2) is 34.0 Å². The molecule has 3 aromatic carbocycles. The summed E-state index contributed by atoms with van der Waals surface area (Å²) in [5, 5.41) is 3.60. The van der Waals surface area contributed by atoms with E-state index in [9.17, 15) is 9.59 Å². The molecular weight excluding hydrogens is 496 g/mol. The summed E-state index contributed by atoms with van der Waals surface area (Å²) in [6.45, 7) is 7.72. The largest absolute Gasteiger partial charge is 0.322 e. The number of urea groups is 1. The second kappa shape index (κ2) is 10.4. The van der Waals surface area contributed by atoms with E-state index in [1.165, 1.54) is 0 Å². The van der Waals surface area contributed by atoms with Crippen molar-refractivity contribution in [3.05, 3.63) is 112 Å². The average Bonchev–Trinajstić information content (AvgIpc) is 3.37. The minimum Gasteiger partial charge on any atom is -0.316 e. The number of rotatable bonds is 5. The highest BCUT2D eigenvalue weighted by molar-refractivity contribution is 6.30. The number of anilines is 2. The van der Waals surface area contributed by atoms with E-state index in [-0.39, 0.29) is 24.5 Å². The van der Waals surface area contributed by atoms with Crippen molar-refractivity contribution in [2.75, 3.05) is 16.8 Å². The van der Waals surface area contributed by atoms with Crippen LogP contribution in [0.5, 0.6) is 0 Å². The summed E-state index contributed by atoms with van der Waals surface area (Å²) < 4.78 is 2.11. The summed E-state index contributed by atoms with van der Waals surface area (Å²) in [5.74, 6) is -0.181. The summed E-state index contributed by atoms with van der Waals surface area (Å²) in [6.07, 6.45) is 2.01. The topological polar surface area (TPSA) is 57.6 Å². The van der Waals surface area contributed by atoms with Crippen molar-refractivity contribution >= 4 is 34.9 Å². The Kier molecular flexibility index (Phi) is 7.00. The number of aryl methyl sites for hydroxylation is 2. The van der Waals surface area contributed by atoms with Crippen LogP contribution in [0.4, 0.5) is 16.2 Å². The fourth-order valence-corrected chi connectivity index (χ4v) is 5.30. The molecular formula is C31H31ClN4O2. The Morgan fingerprint density at radius 1 is 0.947 bits per heavy atom. The van der Waals surface area contributed by atoms with Gasteiger partial charge in [-0.2, -0.15) is 0 Å². The quantitative estimate of drug-likeness (QED) is 0.301. The number of fused-ring (bicyclic) bond motifs is 3. The van der Waals surface area contributed by atoms with Gasteiger partial charge in [0.1, 0.15) is 12.6 Å². The second-order valence-electron chi connectivity index (χ2n) is 9.98. The van der Waals surface area contributed by atoms with Gasteiger partial charge in [-0.05, 0) is 81.3 Å². The number of nitrogens with one attached hydrogen (secondary N) is 1. The standard InChI is InChI=1S/C31H31ClN4O2/c1-20(2)35(31(38)33-25-15-14-21(3)17-22(25)4)19-29(37)36-27-12-6-5-11-26(27)34-16-8-13-28(34)30(36)23-9-7-10-24(32)18-23/h5-18,20,30H,19H2,1-4H3,(H,33,38)/t30-/m1/s1. The smallest absolute Gasteiger partial charge is 0.316 e. The van der Waals surface area contributed by atoms with Gasteiger partial charge in [0.05, 0.1) is 17.1 Å². The molecule has 3 amide bonds. The van der Waals surface area contributed by atoms with Crippen molar-refractivity contribution in [2.24, 2.45) is 0 Å². The SMILES string of the molecule is Cc1ccc(NC(=O)N(CC(=O)N2c3ccccc3-n3cccc3[C@H]2c2cccc(Cl)c2)C(C)C)c(C)c1. The highest BCUT2D eigenvalue weighted by Gasteiger charge is 2.37. The maximum Gasteiger partial charge on any atom is 0.322 e. The molecule has 0 fully saturated rings. The molecule has 0 bridgehead atoms. The molecule has 1 N–H and O–H groups in total. The summed E-state index contributed by atoms with van der Waals surface area (Å²) in [6, 6.07) is 24.4. The zero-order valence-electron chi connectivity index (χ0n) is 22.0. The van der Waals surface area contributed by atoms with Crippen LogP contribution < -0.4 is 10.2 Å². The van der Waals surface area contributed by atoms with Crippen LogP contribution in [-0.2, 0) is 4.79 Å². The molecule has 6 nitrogen and oxygen atoms in total. The van der Waals surface area contributed by atoms with Gasteiger partial charge in [-0.1, -0.05) is 53.6 Å². The molecule has 0 radical (unpaired) electrons. The van der Waals surface area contributed by atoms with Crippen molar-refractivity contribution < 1.29 is 9.59 Å². The first-order valence-corrected chi connectivity index (χ1v) is 13.1. The molecule has 0 unspecified atom stereocenters. The third-order valence-electron chi connectivity index (χ3n) is 6.97. The van der Waals surface area contributed by atoms with Gasteiger partial charge in [0.2, 0.25) is 5.91 Å². The van der Waals surface area contributed by atoms with Gasteiger partial charge in [-0.15, -0.1) is 0 Å². The van der Waals surface area contributed by atoms with Crippen LogP contribution in [0, 0.1) is 13.8 Å². The van der Waals surface area contributed by atoms with Gasteiger partial charge in [0, 0.05) is 22.9 Å². The summed E-state index contributed by atoms with van der Waals surface area (Å²) >= 11 is 6.39. The van der Waals surface area contributed by atoms with E-state index in [1.807, 2.05) is 113 Å². The molecule has 4 aromatic rings. The van der Waals surface area contributed by atoms with Gasteiger partial charge in [-0.25, -0.2) is 4.79 Å². The zero-order chi connectivity index (χ0) is 27.0. The molecule has 1 aromatic heterocycles. The van der Waals surface area contributed by atoms with Crippen LogP contribution in [0.15, 0.2) is 85.1 Å². The molecule has 0 saturated heterocycles. The number of hydrogen-bond donors (Lipinski definition) is 1. The van der Waals surface area contributed by atoms with E-state index in [2.05, 4.69) is 9.88 Å². The lowest BCUT2D eigenvalue weighted by atomic mass is 9.97. The number of carbonyl (C=O) groups is 2. The number of aromatic nitrogens is 1. The Bertz CT molecular complexity index is 1510. The number of nitrogens with zero attached hydrogens (tertiary/aromatic N) is 3. The summed E-state index contributed by atoms with van der Waals surface area (Å²) in [5.41, 5.74) is 6.37. The predicted octanol–water partition coefficient (Wildman–Crippen LogP) is 7.13. The highest BCUT2D eigenvalue weighted by atomic mass is 35.5. The number of carbonyl (C=O) groups excluding carboxylic acids is 2. The Morgan fingerprint density at radius 2 is 1.71 bits per heavy atom. The average molecular weight is 527 g/mol. The molecule has 0 aliphatic carbocycles. The Morgan fingerprint density at radius 3 is 2.42 bits per heavy atom. The Labute approximate surface area is 228 Å². The van der Waals surface area contributed by atoms with Crippen LogP contribution in [0.1, 0.15) is 42.3 Å². The molecule has 2 heterocycles. The maximum absolute atomic E-state index is 14.2. The van der Waals surface area contributed by atoms with Crippen LogP contribution >= 0.6 is 11.6 Å². The van der Waals surface area contributed by atoms with E-state index in [0.717, 1.165) is 39.4 Å². The van der Waals surface area contributed by atoms with Crippen molar-refractivity contribution in [3.8, 4) is 5.69 Å². The van der Waals surface area contributed by atoms with Crippen molar-refractivity contribution in [3.63, 3.8) is 0 Å². The number of halogens is 1. The number of benzene rings is 3. The first-order chi connectivity index (χ1) is 18.2. The Hall–Kier alpha value is -4.03. The molecule has 1 aliphatic rings. The van der Waals surface area contributed by atoms with Crippen LogP contribution in [0.25, 0.3) is 5.69 Å². The monoisotopic (exact) mass is 526 g/mol. The van der Waals surface area contributed by atoms with Crippen molar-refractivity contribution in [1.82, 2.24) is 9.47 Å². The van der Waals surface area contributed by atoms with Gasteiger partial charge in [0.25, 0.3) is 0 Å². The predicted molar refractivity (Wildman–Crippen MR) is 153 cm³/mol. The van der Waals surface area contributed by atoms with Gasteiger partial charge in [-0.3, -0.25) is 9.69 Å².